The fourth-order valence-corrected chi connectivity index (χ4v) is 3.19. The number of benzene rings is 1. The molecule has 1 aromatic carbocycles. The van der Waals surface area contributed by atoms with Gasteiger partial charge in [0.2, 0.25) is 23.4 Å². The van der Waals surface area contributed by atoms with E-state index in [9.17, 15) is 9.59 Å². The van der Waals surface area contributed by atoms with Crippen LogP contribution in [0.25, 0.3) is 0 Å². The first-order chi connectivity index (χ1) is 14.0. The van der Waals surface area contributed by atoms with Crippen LogP contribution < -0.4 is 10.1 Å². The van der Waals surface area contributed by atoms with Crippen molar-refractivity contribution >= 4 is 17.4 Å². The van der Waals surface area contributed by atoms with Crippen LogP contribution in [0.15, 0.2) is 36.5 Å². The molecule has 0 bridgehead atoms. The van der Waals surface area contributed by atoms with Gasteiger partial charge in [-0.2, -0.15) is 10.2 Å². The summed E-state index contributed by atoms with van der Waals surface area (Å²) in [5, 5.41) is 13.8. The monoisotopic (exact) mass is 394 g/mol. The van der Waals surface area contributed by atoms with Crippen LogP contribution in [0.3, 0.4) is 0 Å². The van der Waals surface area contributed by atoms with Gasteiger partial charge in [0.25, 0.3) is 0 Å². The second-order valence-corrected chi connectivity index (χ2v) is 7.29. The van der Waals surface area contributed by atoms with Crippen molar-refractivity contribution < 1.29 is 14.3 Å². The Morgan fingerprint density at radius 1 is 1.31 bits per heavy atom. The highest BCUT2D eigenvalue weighted by Crippen LogP contribution is 2.31. The van der Waals surface area contributed by atoms with Crippen molar-refractivity contribution in [2.45, 2.75) is 32.7 Å². The molecule has 0 radical (unpaired) electrons. The molecule has 0 aliphatic carbocycles. The van der Waals surface area contributed by atoms with Gasteiger partial charge in [-0.1, -0.05) is 30.3 Å². The Bertz CT molecular complexity index is 1020. The summed E-state index contributed by atoms with van der Waals surface area (Å²) < 4.78 is 7.50. The Labute approximate surface area is 167 Å². The van der Waals surface area contributed by atoms with E-state index in [1.54, 1.807) is 10.9 Å². The van der Waals surface area contributed by atoms with Crippen molar-refractivity contribution in [3.8, 4) is 5.88 Å². The molecule has 0 saturated heterocycles. The largest absolute Gasteiger partial charge is 0.475 e. The third-order valence-electron chi connectivity index (χ3n) is 4.72. The maximum absolute atomic E-state index is 12.6. The number of ketones is 1. The Morgan fingerprint density at radius 2 is 2.10 bits per heavy atom. The number of H-pyrrole nitrogens is 1. The van der Waals surface area contributed by atoms with E-state index in [2.05, 4.69) is 25.6 Å². The van der Waals surface area contributed by atoms with E-state index in [0.29, 0.717) is 23.8 Å². The molecule has 3 heterocycles. The summed E-state index contributed by atoms with van der Waals surface area (Å²) in [6.45, 7) is 4.03. The molecule has 0 spiro atoms. The van der Waals surface area contributed by atoms with Gasteiger partial charge in [-0.05, 0) is 19.4 Å². The second kappa shape index (κ2) is 7.86. The fourth-order valence-electron chi connectivity index (χ4n) is 3.19. The van der Waals surface area contributed by atoms with Gasteiger partial charge in [0.1, 0.15) is 18.1 Å². The number of ether oxygens (including phenoxy) is 1. The molecular formula is C20H22N6O3. The van der Waals surface area contributed by atoms with Crippen molar-refractivity contribution in [1.29, 1.82) is 0 Å². The van der Waals surface area contributed by atoms with E-state index in [4.69, 9.17) is 4.74 Å². The number of fused-ring (bicyclic) bond motifs is 1. The number of amides is 1. The number of carbonyl (C=O) groups is 2. The van der Waals surface area contributed by atoms with E-state index in [1.807, 2.05) is 44.2 Å². The lowest BCUT2D eigenvalue weighted by Gasteiger charge is -2.13. The van der Waals surface area contributed by atoms with Gasteiger partial charge in [-0.3, -0.25) is 14.7 Å². The minimum absolute atomic E-state index is 0.0339. The number of aromatic amines is 1. The average Bonchev–Trinajstić information content (AvgIpc) is 3.29. The number of hydrogen-bond acceptors (Lipinski definition) is 6. The first-order valence-corrected chi connectivity index (χ1v) is 9.51. The zero-order chi connectivity index (χ0) is 20.4. The molecule has 4 rings (SSSR count). The summed E-state index contributed by atoms with van der Waals surface area (Å²) in [5.74, 6) is -0.0245. The number of hydrogen-bond donors (Lipinski definition) is 2. The van der Waals surface area contributed by atoms with Crippen molar-refractivity contribution in [2.75, 3.05) is 11.9 Å². The van der Waals surface area contributed by atoms with Crippen LogP contribution in [0.5, 0.6) is 5.88 Å². The van der Waals surface area contributed by atoms with Gasteiger partial charge in [0.05, 0.1) is 18.2 Å². The highest BCUT2D eigenvalue weighted by atomic mass is 16.5. The number of nitrogens with one attached hydrogen (secondary N) is 2. The van der Waals surface area contributed by atoms with Crippen molar-refractivity contribution in [1.82, 2.24) is 25.0 Å². The number of nitrogens with zero attached hydrogens (tertiary/aromatic N) is 4. The topological polar surface area (TPSA) is 115 Å². The normalized spacial score (nSPS) is 16.1. The zero-order valence-corrected chi connectivity index (χ0v) is 16.3. The molecule has 2 N–H and O–H groups in total. The Hall–Kier alpha value is -3.49. The molecule has 29 heavy (non-hydrogen) atoms. The number of rotatable bonds is 6. The van der Waals surface area contributed by atoms with Crippen LogP contribution in [0.2, 0.25) is 0 Å². The second-order valence-electron chi connectivity index (χ2n) is 7.29. The highest BCUT2D eigenvalue weighted by Gasteiger charge is 2.31. The molecule has 2 aromatic heterocycles. The van der Waals surface area contributed by atoms with Gasteiger partial charge < -0.3 is 10.1 Å². The van der Waals surface area contributed by atoms with Crippen LogP contribution in [-0.4, -0.2) is 43.3 Å². The van der Waals surface area contributed by atoms with Gasteiger partial charge in [-0.25, -0.2) is 9.67 Å². The number of carbonyl (C=O) groups excluding carboxylic acids is 2. The molecule has 1 atom stereocenters. The molecule has 0 unspecified atom stereocenters. The predicted molar refractivity (Wildman–Crippen MR) is 105 cm³/mol. The molecule has 3 aromatic rings. The molecule has 9 heteroatoms. The van der Waals surface area contributed by atoms with E-state index in [-0.39, 0.29) is 36.6 Å². The van der Waals surface area contributed by atoms with Crippen LogP contribution >= 0.6 is 0 Å². The molecule has 1 aliphatic heterocycles. The van der Waals surface area contributed by atoms with Gasteiger partial charge in [0.15, 0.2) is 0 Å². The van der Waals surface area contributed by atoms with E-state index in [1.165, 1.54) is 0 Å². The third-order valence-corrected chi connectivity index (χ3v) is 4.72. The highest BCUT2D eigenvalue weighted by molar-refractivity contribution is 6.00. The first kappa shape index (κ1) is 18.9. The number of aromatic nitrogens is 5. The van der Waals surface area contributed by atoms with Crippen molar-refractivity contribution in [3.63, 3.8) is 0 Å². The first-order valence-electron chi connectivity index (χ1n) is 9.51. The number of anilines is 1. The summed E-state index contributed by atoms with van der Waals surface area (Å²) in [6.07, 6.45) is 2.07. The number of Topliss-reactive ketones (excluding diaryl/α,β-unsaturated/α-hetero) is 1. The smallest absolute Gasteiger partial charge is 0.236 e. The van der Waals surface area contributed by atoms with E-state index >= 15 is 0 Å². The maximum Gasteiger partial charge on any atom is 0.236 e. The van der Waals surface area contributed by atoms with Crippen molar-refractivity contribution in [3.05, 3.63) is 53.7 Å². The third kappa shape index (κ3) is 4.03. The molecule has 0 saturated carbocycles. The summed E-state index contributed by atoms with van der Waals surface area (Å²) >= 11 is 0. The van der Waals surface area contributed by atoms with Crippen LogP contribution in [0.1, 0.15) is 48.3 Å². The molecule has 1 amide bonds. The van der Waals surface area contributed by atoms with Gasteiger partial charge in [-0.15, -0.1) is 0 Å². The summed E-state index contributed by atoms with van der Waals surface area (Å²) in [4.78, 5) is 29.4. The molecule has 1 aliphatic rings. The minimum Gasteiger partial charge on any atom is -0.475 e. The lowest BCUT2D eigenvalue weighted by atomic mass is 10.0. The average molecular weight is 394 g/mol. The van der Waals surface area contributed by atoms with Crippen LogP contribution in [0, 0.1) is 5.92 Å². The summed E-state index contributed by atoms with van der Waals surface area (Å²) in [7, 11) is 0. The predicted octanol–water partition coefficient (Wildman–Crippen LogP) is 2.39. The van der Waals surface area contributed by atoms with Gasteiger partial charge in [0, 0.05) is 12.8 Å². The summed E-state index contributed by atoms with van der Waals surface area (Å²) in [5.41, 5.74) is 1.58. The SMILES string of the molecule is CC(C)n1ncc2c1OC[C@H](CC(=O)c1n[nH]c(Cc3ccccc3)n1)C(=O)N2. The Kier molecular flexibility index (Phi) is 5.11. The van der Waals surface area contributed by atoms with E-state index in [0.717, 1.165) is 5.56 Å². The minimum atomic E-state index is -0.633. The van der Waals surface area contributed by atoms with E-state index < -0.39 is 5.92 Å². The fraction of sp³-hybridized carbons (Fsp3) is 0.350. The Morgan fingerprint density at radius 3 is 2.86 bits per heavy atom. The standard InChI is InChI=1S/C20H22N6O3/c1-12(2)26-20-15(10-21-26)22-19(28)14(11-29-20)9-16(27)18-23-17(24-25-18)8-13-6-4-3-5-7-13/h3-7,10,12,14H,8-9,11H2,1-2H3,(H,22,28)(H,23,24,25)/t14-/m0/s1. The Balaban J connectivity index is 1.42. The molecule has 150 valence electrons. The lowest BCUT2D eigenvalue weighted by molar-refractivity contribution is -0.120. The maximum atomic E-state index is 12.6. The van der Waals surface area contributed by atoms with Crippen molar-refractivity contribution in [2.24, 2.45) is 5.92 Å². The zero-order valence-electron chi connectivity index (χ0n) is 16.3. The lowest BCUT2D eigenvalue weighted by Crippen LogP contribution is -2.28. The van der Waals surface area contributed by atoms with Gasteiger partial charge >= 0.3 is 0 Å². The molecular weight excluding hydrogens is 372 g/mol. The molecule has 0 fully saturated rings. The van der Waals surface area contributed by atoms with Crippen LogP contribution in [-0.2, 0) is 11.2 Å². The van der Waals surface area contributed by atoms with Crippen LogP contribution in [0.4, 0.5) is 5.69 Å². The molecule has 9 nitrogen and oxygen atoms in total. The summed E-state index contributed by atoms with van der Waals surface area (Å²) in [6, 6.07) is 9.87. The quantitative estimate of drug-likeness (QED) is 0.621.